The van der Waals surface area contributed by atoms with Crippen molar-refractivity contribution in [1.82, 2.24) is 4.90 Å². The summed E-state index contributed by atoms with van der Waals surface area (Å²) in [5, 5.41) is 9.48. The van der Waals surface area contributed by atoms with E-state index in [2.05, 4.69) is 11.8 Å². The lowest BCUT2D eigenvalue weighted by atomic mass is 10.0. The highest BCUT2D eigenvalue weighted by atomic mass is 19.1. The van der Waals surface area contributed by atoms with Crippen LogP contribution in [0.25, 0.3) is 0 Å². The summed E-state index contributed by atoms with van der Waals surface area (Å²) in [6, 6.07) is 7.36. The van der Waals surface area contributed by atoms with Crippen LogP contribution in [0.3, 0.4) is 0 Å². The first kappa shape index (κ1) is 13.5. The minimum atomic E-state index is -0.152. The fourth-order valence-corrected chi connectivity index (χ4v) is 2.58. The summed E-state index contributed by atoms with van der Waals surface area (Å²) in [4.78, 5) is 2.42. The lowest BCUT2D eigenvalue weighted by molar-refractivity contribution is 0.0628. The summed E-state index contributed by atoms with van der Waals surface area (Å²) in [5.41, 5.74) is 1.07. The van der Waals surface area contributed by atoms with Gasteiger partial charge in [0.05, 0.1) is 6.10 Å². The molecule has 18 heavy (non-hydrogen) atoms. The Labute approximate surface area is 108 Å². The molecule has 0 aromatic heterocycles. The van der Waals surface area contributed by atoms with Crippen molar-refractivity contribution in [2.75, 3.05) is 13.1 Å². The van der Waals surface area contributed by atoms with Gasteiger partial charge in [-0.2, -0.15) is 0 Å². The minimum Gasteiger partial charge on any atom is -0.393 e. The molecule has 1 fully saturated rings. The monoisotopic (exact) mass is 251 g/mol. The molecule has 1 N–H and O–H groups in total. The van der Waals surface area contributed by atoms with E-state index in [0.29, 0.717) is 6.04 Å². The Hall–Kier alpha value is -0.930. The molecule has 2 nitrogen and oxygen atoms in total. The summed E-state index contributed by atoms with van der Waals surface area (Å²) in [7, 11) is 0. The summed E-state index contributed by atoms with van der Waals surface area (Å²) >= 11 is 0. The number of hydrogen-bond acceptors (Lipinski definition) is 2. The zero-order valence-electron chi connectivity index (χ0n) is 11.0. The van der Waals surface area contributed by atoms with E-state index in [1.165, 1.54) is 6.07 Å². The molecule has 1 aromatic carbocycles. The number of aliphatic hydroxyl groups excluding tert-OH is 1. The number of hydrogen-bond donors (Lipinski definition) is 1. The van der Waals surface area contributed by atoms with Crippen molar-refractivity contribution in [1.29, 1.82) is 0 Å². The molecule has 0 aliphatic carbocycles. The molecule has 2 rings (SSSR count). The molecule has 1 atom stereocenters. The summed E-state index contributed by atoms with van der Waals surface area (Å²) < 4.78 is 13.1. The van der Waals surface area contributed by atoms with Gasteiger partial charge in [-0.15, -0.1) is 0 Å². The highest BCUT2D eigenvalue weighted by Crippen LogP contribution is 2.16. The second kappa shape index (κ2) is 6.30. The van der Waals surface area contributed by atoms with E-state index in [4.69, 9.17) is 0 Å². The van der Waals surface area contributed by atoms with E-state index >= 15 is 0 Å². The molecule has 3 heteroatoms. The standard InChI is InChI=1S/C15H22FNO/c1-12(17-9-7-15(18)8-10-17)5-6-13-3-2-4-14(16)11-13/h2-4,11-12,15,18H,5-10H2,1H3/t12-/m0/s1. The second-order valence-corrected chi connectivity index (χ2v) is 5.28. The predicted octanol–water partition coefficient (Wildman–Crippen LogP) is 2.60. The van der Waals surface area contributed by atoms with Crippen LogP contribution in [0.5, 0.6) is 0 Å². The van der Waals surface area contributed by atoms with Gasteiger partial charge in [0.1, 0.15) is 5.82 Å². The van der Waals surface area contributed by atoms with E-state index < -0.39 is 0 Å². The highest BCUT2D eigenvalue weighted by molar-refractivity contribution is 5.16. The van der Waals surface area contributed by atoms with E-state index in [0.717, 1.165) is 44.3 Å². The molecule has 0 bridgehead atoms. The van der Waals surface area contributed by atoms with E-state index in [9.17, 15) is 9.50 Å². The summed E-state index contributed by atoms with van der Waals surface area (Å²) in [6.45, 7) is 4.17. The number of nitrogens with zero attached hydrogens (tertiary/aromatic N) is 1. The van der Waals surface area contributed by atoms with Crippen LogP contribution in [0.1, 0.15) is 31.7 Å². The number of halogens is 1. The van der Waals surface area contributed by atoms with Crippen molar-refractivity contribution in [3.63, 3.8) is 0 Å². The first-order valence-electron chi connectivity index (χ1n) is 6.81. The first-order valence-corrected chi connectivity index (χ1v) is 6.81. The third-order valence-electron chi connectivity index (χ3n) is 3.86. The molecular weight excluding hydrogens is 229 g/mol. The Morgan fingerprint density at radius 1 is 1.39 bits per heavy atom. The predicted molar refractivity (Wildman–Crippen MR) is 71.0 cm³/mol. The zero-order valence-corrected chi connectivity index (χ0v) is 11.0. The van der Waals surface area contributed by atoms with Gasteiger partial charge in [-0.05, 0) is 50.3 Å². The van der Waals surface area contributed by atoms with Crippen molar-refractivity contribution >= 4 is 0 Å². The number of aryl methyl sites for hydroxylation is 1. The molecule has 1 heterocycles. The van der Waals surface area contributed by atoms with Crippen LogP contribution in [0.4, 0.5) is 4.39 Å². The smallest absolute Gasteiger partial charge is 0.123 e. The van der Waals surface area contributed by atoms with Crippen molar-refractivity contribution < 1.29 is 9.50 Å². The van der Waals surface area contributed by atoms with E-state index in [1.807, 2.05) is 6.07 Å². The van der Waals surface area contributed by atoms with Gasteiger partial charge in [-0.1, -0.05) is 12.1 Å². The van der Waals surface area contributed by atoms with Crippen molar-refractivity contribution in [2.45, 2.75) is 44.8 Å². The van der Waals surface area contributed by atoms with Gasteiger partial charge in [0.2, 0.25) is 0 Å². The van der Waals surface area contributed by atoms with Gasteiger partial charge in [0.25, 0.3) is 0 Å². The Balaban J connectivity index is 1.79. The molecular formula is C15H22FNO. The molecule has 1 aromatic rings. The Bertz CT molecular complexity index is 375. The number of likely N-dealkylation sites (tertiary alicyclic amines) is 1. The topological polar surface area (TPSA) is 23.5 Å². The van der Waals surface area contributed by atoms with Gasteiger partial charge < -0.3 is 10.0 Å². The maximum absolute atomic E-state index is 13.1. The van der Waals surface area contributed by atoms with E-state index in [1.54, 1.807) is 12.1 Å². The second-order valence-electron chi connectivity index (χ2n) is 5.28. The van der Waals surface area contributed by atoms with Gasteiger partial charge >= 0.3 is 0 Å². The quantitative estimate of drug-likeness (QED) is 0.889. The van der Waals surface area contributed by atoms with Crippen LogP contribution in [-0.2, 0) is 6.42 Å². The van der Waals surface area contributed by atoms with Crippen molar-refractivity contribution in [3.05, 3.63) is 35.6 Å². The highest BCUT2D eigenvalue weighted by Gasteiger charge is 2.20. The zero-order chi connectivity index (χ0) is 13.0. The Morgan fingerprint density at radius 2 is 2.11 bits per heavy atom. The van der Waals surface area contributed by atoms with Gasteiger partial charge in [-0.25, -0.2) is 4.39 Å². The molecule has 1 aliphatic rings. The fourth-order valence-electron chi connectivity index (χ4n) is 2.58. The average molecular weight is 251 g/mol. The normalized spacial score (nSPS) is 19.9. The maximum atomic E-state index is 13.1. The van der Waals surface area contributed by atoms with Gasteiger partial charge in [-0.3, -0.25) is 0 Å². The minimum absolute atomic E-state index is 0.114. The third-order valence-corrected chi connectivity index (χ3v) is 3.86. The third kappa shape index (κ3) is 3.79. The molecule has 0 unspecified atom stereocenters. The van der Waals surface area contributed by atoms with Gasteiger partial charge in [0.15, 0.2) is 0 Å². The SMILES string of the molecule is C[C@@H](CCc1cccc(F)c1)N1CCC(O)CC1. The molecule has 1 saturated heterocycles. The molecule has 0 spiro atoms. The Morgan fingerprint density at radius 3 is 2.78 bits per heavy atom. The van der Waals surface area contributed by atoms with Crippen LogP contribution >= 0.6 is 0 Å². The van der Waals surface area contributed by atoms with Crippen LogP contribution in [0.2, 0.25) is 0 Å². The van der Waals surface area contributed by atoms with E-state index in [-0.39, 0.29) is 11.9 Å². The molecule has 0 saturated carbocycles. The molecule has 0 radical (unpaired) electrons. The van der Waals surface area contributed by atoms with Crippen molar-refractivity contribution in [2.24, 2.45) is 0 Å². The number of benzene rings is 1. The maximum Gasteiger partial charge on any atom is 0.123 e. The number of piperidine rings is 1. The number of rotatable bonds is 4. The fraction of sp³-hybridized carbons (Fsp3) is 0.600. The molecule has 1 aliphatic heterocycles. The lowest BCUT2D eigenvalue weighted by Crippen LogP contribution is -2.41. The van der Waals surface area contributed by atoms with Crippen LogP contribution in [0.15, 0.2) is 24.3 Å². The summed E-state index contributed by atoms with van der Waals surface area (Å²) in [6.07, 6.45) is 3.60. The lowest BCUT2D eigenvalue weighted by Gasteiger charge is -2.34. The van der Waals surface area contributed by atoms with Crippen LogP contribution in [-0.4, -0.2) is 35.2 Å². The number of aliphatic hydroxyl groups is 1. The summed E-state index contributed by atoms with van der Waals surface area (Å²) in [5.74, 6) is -0.152. The van der Waals surface area contributed by atoms with Crippen molar-refractivity contribution in [3.8, 4) is 0 Å². The Kier molecular flexibility index (Phi) is 4.72. The van der Waals surface area contributed by atoms with Crippen LogP contribution in [0, 0.1) is 5.82 Å². The molecule has 0 amide bonds. The average Bonchev–Trinajstić information content (AvgIpc) is 2.37. The first-order chi connectivity index (χ1) is 8.65. The largest absolute Gasteiger partial charge is 0.393 e. The van der Waals surface area contributed by atoms with Gasteiger partial charge in [0, 0.05) is 19.1 Å². The van der Waals surface area contributed by atoms with Crippen LogP contribution < -0.4 is 0 Å². The molecule has 100 valence electrons.